The van der Waals surface area contributed by atoms with Crippen LogP contribution in [-0.2, 0) is 8.23 Å². The third-order valence-corrected chi connectivity index (χ3v) is 6.56. The minimum Gasteiger partial charge on any atom is -0.422 e. The van der Waals surface area contributed by atoms with E-state index >= 15 is 0 Å². The fourth-order valence-electron chi connectivity index (χ4n) is 0.685. The summed E-state index contributed by atoms with van der Waals surface area (Å²) in [5.74, 6) is 0.765. The van der Waals surface area contributed by atoms with Crippen LogP contribution in [0.15, 0.2) is 0 Å². The summed E-state index contributed by atoms with van der Waals surface area (Å²) in [7, 11) is -1.42. The number of hydrogen-bond acceptors (Lipinski definition) is 2. The molecule has 0 N–H and O–H groups in total. The van der Waals surface area contributed by atoms with Crippen LogP contribution in [0.4, 0.5) is 0 Å². The van der Waals surface area contributed by atoms with Crippen LogP contribution in [-0.4, -0.2) is 19.3 Å². The molecule has 1 aliphatic heterocycles. The van der Waals surface area contributed by atoms with Crippen LogP contribution >= 0.6 is 0 Å². The second kappa shape index (κ2) is 2.77. The molecule has 0 saturated carbocycles. The molecule has 4 heteroatoms. The van der Waals surface area contributed by atoms with Gasteiger partial charge in [0.05, 0.1) is 0 Å². The van der Waals surface area contributed by atoms with Gasteiger partial charge < -0.3 is 8.23 Å². The van der Waals surface area contributed by atoms with Gasteiger partial charge in [-0.3, -0.25) is 0 Å². The van der Waals surface area contributed by atoms with Gasteiger partial charge in [-0.25, -0.2) is 0 Å². The molecule has 0 bridgehead atoms. The molecule has 0 spiro atoms. The lowest BCUT2D eigenvalue weighted by atomic mass is 10.3. The first-order valence-electron chi connectivity index (χ1n) is 3.02. The molecule has 1 fully saturated rings. The first kappa shape index (κ1) is 6.47. The van der Waals surface area contributed by atoms with Gasteiger partial charge >= 0.3 is 9.28 Å². The van der Waals surface area contributed by atoms with Gasteiger partial charge in [-0.15, -0.1) is 0 Å². The standard InChI is InChI=1S/C4H12O2Si2/c1-4(2)3-8-5-7-6-8/h4,8H,3,7H2,1-2H3. The molecule has 0 unspecified atom stereocenters. The molecule has 0 aromatic heterocycles. The lowest BCUT2D eigenvalue weighted by Crippen LogP contribution is -2.39. The van der Waals surface area contributed by atoms with Crippen molar-refractivity contribution in [2.24, 2.45) is 5.92 Å². The zero-order valence-electron chi connectivity index (χ0n) is 5.39. The predicted molar refractivity (Wildman–Crippen MR) is 37.5 cm³/mol. The van der Waals surface area contributed by atoms with Crippen LogP contribution in [0, 0.1) is 5.92 Å². The monoisotopic (exact) mass is 148 g/mol. The Morgan fingerprint density at radius 1 is 1.50 bits per heavy atom. The van der Waals surface area contributed by atoms with Crippen molar-refractivity contribution < 1.29 is 8.23 Å². The van der Waals surface area contributed by atoms with E-state index in [0.29, 0.717) is 0 Å². The Labute approximate surface area is 54.1 Å². The minimum atomic E-state index is -0.997. The summed E-state index contributed by atoms with van der Waals surface area (Å²) in [6, 6.07) is 1.20. The summed E-state index contributed by atoms with van der Waals surface area (Å²) < 4.78 is 10.6. The van der Waals surface area contributed by atoms with Crippen molar-refractivity contribution in [1.29, 1.82) is 0 Å². The lowest BCUT2D eigenvalue weighted by molar-refractivity contribution is 0.304. The third kappa shape index (κ3) is 1.70. The average molecular weight is 148 g/mol. The Balaban J connectivity index is 2.01. The van der Waals surface area contributed by atoms with Gasteiger partial charge in [0.15, 0.2) is 0 Å². The maximum absolute atomic E-state index is 5.30. The normalized spacial score (nSPS) is 31.1. The van der Waals surface area contributed by atoms with Crippen molar-refractivity contribution >= 4 is 19.3 Å². The molecular weight excluding hydrogens is 136 g/mol. The highest BCUT2D eigenvalue weighted by molar-refractivity contribution is 6.64. The van der Waals surface area contributed by atoms with E-state index in [0.717, 1.165) is 5.92 Å². The van der Waals surface area contributed by atoms with E-state index in [4.69, 9.17) is 8.23 Å². The lowest BCUT2D eigenvalue weighted by Gasteiger charge is -2.26. The summed E-state index contributed by atoms with van der Waals surface area (Å²) in [4.78, 5) is 0. The molecule has 0 radical (unpaired) electrons. The van der Waals surface area contributed by atoms with Crippen LogP contribution in [0.2, 0.25) is 6.04 Å². The Bertz CT molecular complexity index is 72.4. The molecule has 1 rings (SSSR count). The van der Waals surface area contributed by atoms with Gasteiger partial charge in [0, 0.05) is 0 Å². The Morgan fingerprint density at radius 3 is 2.25 bits per heavy atom. The second-order valence-electron chi connectivity index (χ2n) is 2.51. The molecule has 8 heavy (non-hydrogen) atoms. The van der Waals surface area contributed by atoms with Crippen molar-refractivity contribution in [3.05, 3.63) is 0 Å². The molecular formula is C4H12O2Si2. The number of rotatable bonds is 2. The van der Waals surface area contributed by atoms with Gasteiger partial charge in [-0.2, -0.15) is 0 Å². The van der Waals surface area contributed by atoms with Crippen LogP contribution in [0.1, 0.15) is 13.8 Å². The van der Waals surface area contributed by atoms with E-state index in [1.54, 1.807) is 0 Å². The van der Waals surface area contributed by atoms with Gasteiger partial charge in [-0.1, -0.05) is 13.8 Å². The van der Waals surface area contributed by atoms with Gasteiger partial charge in [0.2, 0.25) is 0 Å². The van der Waals surface area contributed by atoms with Crippen molar-refractivity contribution in [3.63, 3.8) is 0 Å². The quantitative estimate of drug-likeness (QED) is 0.510. The summed E-state index contributed by atoms with van der Waals surface area (Å²) in [6.45, 7) is 4.42. The molecule has 1 saturated heterocycles. The average Bonchev–Trinajstić information content (AvgIpc) is 1.55. The van der Waals surface area contributed by atoms with E-state index in [2.05, 4.69) is 13.8 Å². The molecule has 0 aromatic carbocycles. The van der Waals surface area contributed by atoms with Gasteiger partial charge in [-0.05, 0) is 12.0 Å². The van der Waals surface area contributed by atoms with Crippen molar-refractivity contribution in [1.82, 2.24) is 0 Å². The Hall–Kier alpha value is 0.354. The van der Waals surface area contributed by atoms with Crippen molar-refractivity contribution in [2.75, 3.05) is 0 Å². The minimum absolute atomic E-state index is 0.424. The predicted octanol–water partition coefficient (Wildman–Crippen LogP) is -0.0915. The Kier molecular flexibility index (Phi) is 2.24. The molecule has 0 aliphatic carbocycles. The fourth-order valence-corrected chi connectivity index (χ4v) is 3.86. The summed E-state index contributed by atoms with van der Waals surface area (Å²) in [6.07, 6.45) is 0. The molecule has 48 valence electrons. The van der Waals surface area contributed by atoms with E-state index < -0.39 is 19.3 Å². The summed E-state index contributed by atoms with van der Waals surface area (Å²) in [5.41, 5.74) is 0. The van der Waals surface area contributed by atoms with Crippen molar-refractivity contribution in [2.45, 2.75) is 19.9 Å². The smallest absolute Gasteiger partial charge is 0.303 e. The molecule has 0 aromatic rings. The Morgan fingerprint density at radius 2 is 2.12 bits per heavy atom. The zero-order chi connectivity index (χ0) is 5.98. The van der Waals surface area contributed by atoms with E-state index in [9.17, 15) is 0 Å². The van der Waals surface area contributed by atoms with Gasteiger partial charge in [0.1, 0.15) is 0 Å². The fraction of sp³-hybridized carbons (Fsp3) is 1.00. The van der Waals surface area contributed by atoms with E-state index in [1.165, 1.54) is 6.04 Å². The maximum atomic E-state index is 5.30. The highest BCUT2D eigenvalue weighted by Gasteiger charge is 2.22. The first-order chi connectivity index (χ1) is 3.79. The van der Waals surface area contributed by atoms with E-state index in [1.807, 2.05) is 0 Å². The molecule has 1 heterocycles. The summed E-state index contributed by atoms with van der Waals surface area (Å²) in [5, 5.41) is 0. The molecule has 0 amide bonds. The van der Waals surface area contributed by atoms with Crippen LogP contribution in [0.3, 0.4) is 0 Å². The highest BCUT2D eigenvalue weighted by Crippen LogP contribution is 2.11. The SMILES string of the molecule is CC(C)C[SiH]1O[SiH2]O1. The topological polar surface area (TPSA) is 18.5 Å². The third-order valence-electron chi connectivity index (χ3n) is 1.17. The second-order valence-corrected chi connectivity index (χ2v) is 6.74. The summed E-state index contributed by atoms with van der Waals surface area (Å²) >= 11 is 0. The highest BCUT2D eigenvalue weighted by atomic mass is 28.4. The number of hydrogen-bond donors (Lipinski definition) is 0. The van der Waals surface area contributed by atoms with Crippen LogP contribution in [0.5, 0.6) is 0 Å². The molecule has 2 nitrogen and oxygen atoms in total. The van der Waals surface area contributed by atoms with Crippen LogP contribution < -0.4 is 0 Å². The largest absolute Gasteiger partial charge is 0.422 e. The van der Waals surface area contributed by atoms with Gasteiger partial charge in [0.25, 0.3) is 10.0 Å². The van der Waals surface area contributed by atoms with Crippen molar-refractivity contribution in [3.8, 4) is 0 Å². The first-order valence-corrected chi connectivity index (χ1v) is 5.93. The zero-order valence-corrected chi connectivity index (χ0v) is 7.95. The van der Waals surface area contributed by atoms with E-state index in [-0.39, 0.29) is 0 Å². The maximum Gasteiger partial charge on any atom is 0.303 e. The molecule has 0 atom stereocenters. The van der Waals surface area contributed by atoms with Crippen LogP contribution in [0.25, 0.3) is 0 Å². The molecule has 1 aliphatic rings.